The minimum atomic E-state index is -0.454. The Morgan fingerprint density at radius 3 is 2.33 bits per heavy atom. The van der Waals surface area contributed by atoms with Crippen LogP contribution in [0.1, 0.15) is 26.7 Å². The number of hydrogen-bond donors (Lipinski definition) is 1. The highest BCUT2D eigenvalue weighted by Crippen LogP contribution is 2.24. The van der Waals surface area contributed by atoms with E-state index in [0.29, 0.717) is 0 Å². The van der Waals surface area contributed by atoms with Crippen molar-refractivity contribution in [1.29, 1.82) is 0 Å². The van der Waals surface area contributed by atoms with Crippen LogP contribution in [0.15, 0.2) is 16.6 Å². The van der Waals surface area contributed by atoms with Gasteiger partial charge in [-0.3, -0.25) is 0 Å². The first kappa shape index (κ1) is 12.4. The molecule has 1 aromatic carbocycles. The van der Waals surface area contributed by atoms with Crippen LogP contribution in [0, 0.1) is 11.6 Å². The average Bonchev–Trinajstić information content (AvgIpc) is 2.21. The number of benzene rings is 1. The first-order valence-electron chi connectivity index (χ1n) is 4.99. The van der Waals surface area contributed by atoms with E-state index in [2.05, 4.69) is 21.2 Å². The standard InChI is InChI=1S/C11H14BrF2N/c1-3-7(4-2)15-11-6-9(13)8(12)5-10(11)14/h5-7,15H,3-4H2,1-2H3. The molecule has 0 amide bonds. The summed E-state index contributed by atoms with van der Waals surface area (Å²) < 4.78 is 26.7. The molecule has 1 nitrogen and oxygen atoms in total. The van der Waals surface area contributed by atoms with Crippen LogP contribution < -0.4 is 5.32 Å². The Labute approximate surface area is 97.0 Å². The number of halogens is 3. The molecule has 0 heterocycles. The van der Waals surface area contributed by atoms with Crippen LogP contribution in [0.25, 0.3) is 0 Å². The van der Waals surface area contributed by atoms with Crippen LogP contribution in [0.2, 0.25) is 0 Å². The molecule has 1 rings (SSSR count). The second-order valence-electron chi connectivity index (χ2n) is 3.40. The highest BCUT2D eigenvalue weighted by Gasteiger charge is 2.10. The Bertz CT molecular complexity index is 338. The molecule has 15 heavy (non-hydrogen) atoms. The van der Waals surface area contributed by atoms with Crippen molar-refractivity contribution < 1.29 is 8.78 Å². The maximum Gasteiger partial charge on any atom is 0.147 e. The third kappa shape index (κ3) is 3.16. The molecule has 0 saturated heterocycles. The van der Waals surface area contributed by atoms with E-state index in [1.165, 1.54) is 6.07 Å². The molecule has 0 bridgehead atoms. The lowest BCUT2D eigenvalue weighted by Gasteiger charge is -2.16. The highest BCUT2D eigenvalue weighted by molar-refractivity contribution is 9.10. The van der Waals surface area contributed by atoms with E-state index in [9.17, 15) is 8.78 Å². The molecule has 0 atom stereocenters. The van der Waals surface area contributed by atoms with Crippen molar-refractivity contribution in [3.8, 4) is 0 Å². The summed E-state index contributed by atoms with van der Waals surface area (Å²) in [6.45, 7) is 4.02. The maximum absolute atomic E-state index is 13.4. The van der Waals surface area contributed by atoms with Crippen LogP contribution in [0.3, 0.4) is 0 Å². The van der Waals surface area contributed by atoms with Crippen molar-refractivity contribution >= 4 is 21.6 Å². The van der Waals surface area contributed by atoms with Gasteiger partial charge in [0.05, 0.1) is 10.2 Å². The summed E-state index contributed by atoms with van der Waals surface area (Å²) in [4.78, 5) is 0. The Kier molecular flexibility index (Phi) is 4.51. The molecule has 1 aromatic rings. The first-order chi connectivity index (χ1) is 7.08. The number of anilines is 1. The van der Waals surface area contributed by atoms with Crippen molar-refractivity contribution in [3.63, 3.8) is 0 Å². The first-order valence-corrected chi connectivity index (χ1v) is 5.78. The Morgan fingerprint density at radius 1 is 1.20 bits per heavy atom. The van der Waals surface area contributed by atoms with E-state index in [1.807, 2.05) is 13.8 Å². The molecule has 0 aliphatic rings. The molecule has 0 unspecified atom stereocenters. The number of hydrogen-bond acceptors (Lipinski definition) is 1. The fourth-order valence-electron chi connectivity index (χ4n) is 1.35. The molecule has 0 aliphatic carbocycles. The fourth-order valence-corrected chi connectivity index (χ4v) is 1.66. The summed E-state index contributed by atoms with van der Waals surface area (Å²) >= 11 is 2.94. The van der Waals surface area contributed by atoms with Crippen LogP contribution in [0.5, 0.6) is 0 Å². The Balaban J connectivity index is 2.89. The predicted octanol–water partition coefficient (Wildman–Crippen LogP) is 4.33. The number of rotatable bonds is 4. The monoisotopic (exact) mass is 277 g/mol. The molecule has 0 aromatic heterocycles. The Morgan fingerprint density at radius 2 is 1.80 bits per heavy atom. The SMILES string of the molecule is CCC(CC)Nc1cc(F)c(Br)cc1F. The lowest BCUT2D eigenvalue weighted by atomic mass is 10.1. The third-order valence-electron chi connectivity index (χ3n) is 2.36. The molecule has 1 N–H and O–H groups in total. The zero-order valence-corrected chi connectivity index (χ0v) is 10.4. The smallest absolute Gasteiger partial charge is 0.147 e. The summed E-state index contributed by atoms with van der Waals surface area (Å²) in [5.74, 6) is -0.889. The molecule has 0 saturated carbocycles. The zero-order valence-electron chi connectivity index (χ0n) is 8.78. The van der Waals surface area contributed by atoms with Gasteiger partial charge < -0.3 is 5.32 Å². The highest BCUT2D eigenvalue weighted by atomic mass is 79.9. The molecular formula is C11H14BrF2N. The second kappa shape index (κ2) is 5.45. The average molecular weight is 278 g/mol. The van der Waals surface area contributed by atoms with Gasteiger partial charge >= 0.3 is 0 Å². The van der Waals surface area contributed by atoms with Crippen LogP contribution in [0.4, 0.5) is 14.5 Å². The topological polar surface area (TPSA) is 12.0 Å². The van der Waals surface area contributed by atoms with Gasteiger partial charge in [0.25, 0.3) is 0 Å². The summed E-state index contributed by atoms with van der Waals surface area (Å²) in [7, 11) is 0. The van der Waals surface area contributed by atoms with Gasteiger partial charge in [0.1, 0.15) is 11.6 Å². The van der Waals surface area contributed by atoms with E-state index >= 15 is 0 Å². The van der Waals surface area contributed by atoms with Gasteiger partial charge in [-0.15, -0.1) is 0 Å². The summed E-state index contributed by atoms with van der Waals surface area (Å²) in [5.41, 5.74) is 0.226. The van der Waals surface area contributed by atoms with Crippen LogP contribution >= 0.6 is 15.9 Å². The van der Waals surface area contributed by atoms with Crippen molar-refractivity contribution in [2.45, 2.75) is 32.7 Å². The van der Waals surface area contributed by atoms with Crippen molar-refractivity contribution in [3.05, 3.63) is 28.2 Å². The van der Waals surface area contributed by atoms with Gasteiger partial charge in [-0.2, -0.15) is 0 Å². The van der Waals surface area contributed by atoms with Crippen LogP contribution in [-0.2, 0) is 0 Å². The normalized spacial score (nSPS) is 10.8. The molecule has 0 aliphatic heterocycles. The van der Waals surface area contributed by atoms with Gasteiger partial charge in [-0.25, -0.2) is 8.78 Å². The molecule has 0 radical (unpaired) electrons. The summed E-state index contributed by atoms with van der Waals surface area (Å²) in [6, 6.07) is 2.50. The quantitative estimate of drug-likeness (QED) is 0.808. The van der Waals surface area contributed by atoms with Gasteiger partial charge in [-0.05, 0) is 34.8 Å². The number of nitrogens with one attached hydrogen (secondary N) is 1. The van der Waals surface area contributed by atoms with Crippen molar-refractivity contribution in [2.75, 3.05) is 5.32 Å². The lowest BCUT2D eigenvalue weighted by Crippen LogP contribution is -2.18. The lowest BCUT2D eigenvalue weighted by molar-refractivity contribution is 0.589. The van der Waals surface area contributed by atoms with E-state index in [0.717, 1.165) is 18.9 Å². The van der Waals surface area contributed by atoms with E-state index in [1.54, 1.807) is 0 Å². The van der Waals surface area contributed by atoms with Crippen molar-refractivity contribution in [1.82, 2.24) is 0 Å². The summed E-state index contributed by atoms with van der Waals surface area (Å²) in [6.07, 6.45) is 1.77. The molecule has 0 spiro atoms. The van der Waals surface area contributed by atoms with Crippen molar-refractivity contribution in [2.24, 2.45) is 0 Å². The summed E-state index contributed by atoms with van der Waals surface area (Å²) in [5, 5.41) is 2.98. The van der Waals surface area contributed by atoms with Crippen LogP contribution in [-0.4, -0.2) is 6.04 Å². The predicted molar refractivity (Wildman–Crippen MR) is 62.1 cm³/mol. The van der Waals surface area contributed by atoms with Gasteiger partial charge in [0.15, 0.2) is 0 Å². The fraction of sp³-hybridized carbons (Fsp3) is 0.455. The van der Waals surface area contributed by atoms with E-state index < -0.39 is 11.6 Å². The molecular weight excluding hydrogens is 264 g/mol. The van der Waals surface area contributed by atoms with E-state index in [4.69, 9.17) is 0 Å². The molecule has 0 fully saturated rings. The van der Waals surface area contributed by atoms with Gasteiger partial charge in [-0.1, -0.05) is 13.8 Å². The maximum atomic E-state index is 13.4. The van der Waals surface area contributed by atoms with Gasteiger partial charge in [0, 0.05) is 12.1 Å². The molecule has 84 valence electrons. The minimum Gasteiger partial charge on any atom is -0.380 e. The van der Waals surface area contributed by atoms with E-state index in [-0.39, 0.29) is 16.2 Å². The third-order valence-corrected chi connectivity index (χ3v) is 2.96. The minimum absolute atomic E-state index is 0.148. The van der Waals surface area contributed by atoms with Gasteiger partial charge in [0.2, 0.25) is 0 Å². The molecule has 4 heteroatoms. The largest absolute Gasteiger partial charge is 0.380 e. The Hall–Kier alpha value is -0.640. The second-order valence-corrected chi connectivity index (χ2v) is 4.26. The zero-order chi connectivity index (χ0) is 11.4.